The second-order valence-electron chi connectivity index (χ2n) is 5.71. The Morgan fingerprint density at radius 1 is 1.19 bits per heavy atom. The lowest BCUT2D eigenvalue weighted by Crippen LogP contribution is -2.49. The van der Waals surface area contributed by atoms with Gasteiger partial charge in [0.05, 0.1) is 11.9 Å². The summed E-state index contributed by atoms with van der Waals surface area (Å²) in [6, 6.07) is 4.18. The third-order valence-corrected chi connectivity index (χ3v) is 4.30. The van der Waals surface area contributed by atoms with Crippen molar-refractivity contribution in [2.75, 3.05) is 50.7 Å². The molecule has 2 saturated heterocycles. The fourth-order valence-corrected chi connectivity index (χ4v) is 3.17. The normalized spacial score (nSPS) is 23.0. The maximum absolute atomic E-state index is 4.21. The first-order valence-corrected chi connectivity index (χ1v) is 7.50. The van der Waals surface area contributed by atoms with Crippen molar-refractivity contribution in [2.45, 2.75) is 12.8 Å². The zero-order valence-electron chi connectivity index (χ0n) is 12.4. The summed E-state index contributed by atoms with van der Waals surface area (Å²) in [5.41, 5.74) is 1.27. The second-order valence-corrected chi connectivity index (χ2v) is 5.71. The Kier molecular flexibility index (Phi) is 8.34. The molecule has 1 unspecified atom stereocenters. The number of nitrogens with one attached hydrogen (secondary N) is 1. The lowest BCUT2D eigenvalue weighted by Gasteiger charge is -2.38. The summed E-state index contributed by atoms with van der Waals surface area (Å²) < 4.78 is 0. The summed E-state index contributed by atoms with van der Waals surface area (Å²) in [4.78, 5) is 9.29. The number of anilines is 1. The summed E-state index contributed by atoms with van der Waals surface area (Å²) >= 11 is 0. The van der Waals surface area contributed by atoms with Crippen LogP contribution in [0, 0.1) is 5.92 Å². The van der Waals surface area contributed by atoms with E-state index in [0.717, 1.165) is 19.0 Å². The van der Waals surface area contributed by atoms with Gasteiger partial charge >= 0.3 is 0 Å². The Hall–Kier alpha value is -0.550. The highest BCUT2D eigenvalue weighted by Crippen LogP contribution is 2.17. The predicted molar refractivity (Wildman–Crippen MR) is 93.0 cm³/mol. The van der Waals surface area contributed by atoms with Crippen LogP contribution in [0.2, 0.25) is 0 Å². The Morgan fingerprint density at radius 3 is 2.62 bits per heavy atom. The summed E-state index contributed by atoms with van der Waals surface area (Å²) in [5.74, 6) is 0.860. The van der Waals surface area contributed by atoms with E-state index in [4.69, 9.17) is 0 Å². The van der Waals surface area contributed by atoms with Crippen LogP contribution in [0.1, 0.15) is 12.8 Å². The van der Waals surface area contributed by atoms with Gasteiger partial charge in [-0.1, -0.05) is 0 Å². The van der Waals surface area contributed by atoms with E-state index in [9.17, 15) is 0 Å². The van der Waals surface area contributed by atoms with Crippen molar-refractivity contribution in [3.63, 3.8) is 0 Å². The molecule has 0 saturated carbocycles. The Bertz CT molecular complexity index is 377. The molecule has 0 aromatic carbocycles. The summed E-state index contributed by atoms with van der Waals surface area (Å²) in [6.45, 7) is 8.33. The average molecular weight is 333 g/mol. The molecule has 1 aromatic heterocycles. The fourth-order valence-electron chi connectivity index (χ4n) is 3.17. The molecule has 1 N–H and O–H groups in total. The number of piperazine rings is 1. The van der Waals surface area contributed by atoms with Crippen LogP contribution >= 0.6 is 24.8 Å². The summed E-state index contributed by atoms with van der Waals surface area (Å²) in [7, 11) is 0. The fraction of sp³-hybridized carbons (Fsp3) is 0.667. The van der Waals surface area contributed by atoms with E-state index in [1.165, 1.54) is 51.3 Å². The molecular weight excluding hydrogens is 307 g/mol. The molecule has 2 aliphatic heterocycles. The second kappa shape index (κ2) is 9.46. The van der Waals surface area contributed by atoms with Crippen LogP contribution in [0.25, 0.3) is 0 Å². The van der Waals surface area contributed by atoms with Crippen molar-refractivity contribution in [1.29, 1.82) is 0 Å². The molecule has 0 spiro atoms. The zero-order chi connectivity index (χ0) is 12.9. The van der Waals surface area contributed by atoms with Crippen molar-refractivity contribution in [3.8, 4) is 0 Å². The van der Waals surface area contributed by atoms with Crippen LogP contribution in [0.3, 0.4) is 0 Å². The lowest BCUT2D eigenvalue weighted by atomic mass is 9.99. The Balaban J connectivity index is 0.00000110. The Morgan fingerprint density at radius 2 is 2.00 bits per heavy atom. The first kappa shape index (κ1) is 18.5. The number of piperidine rings is 1. The van der Waals surface area contributed by atoms with Crippen molar-refractivity contribution in [3.05, 3.63) is 24.5 Å². The molecular formula is C15H26Cl2N4. The molecule has 0 amide bonds. The largest absolute Gasteiger partial charge is 0.368 e. The van der Waals surface area contributed by atoms with Crippen molar-refractivity contribution in [2.24, 2.45) is 5.92 Å². The van der Waals surface area contributed by atoms with E-state index in [1.54, 1.807) is 0 Å². The first-order chi connectivity index (χ1) is 9.42. The topological polar surface area (TPSA) is 31.4 Å². The first-order valence-electron chi connectivity index (χ1n) is 7.50. The van der Waals surface area contributed by atoms with E-state index in [1.807, 2.05) is 18.5 Å². The van der Waals surface area contributed by atoms with Crippen LogP contribution in [-0.4, -0.2) is 55.7 Å². The van der Waals surface area contributed by atoms with E-state index in [0.29, 0.717) is 0 Å². The van der Waals surface area contributed by atoms with Gasteiger partial charge in [-0.15, -0.1) is 24.8 Å². The molecule has 1 atom stereocenters. The minimum Gasteiger partial charge on any atom is -0.368 e. The average Bonchev–Trinajstić information content (AvgIpc) is 2.50. The van der Waals surface area contributed by atoms with Gasteiger partial charge in [-0.3, -0.25) is 9.88 Å². The molecule has 120 valence electrons. The highest BCUT2D eigenvalue weighted by atomic mass is 35.5. The van der Waals surface area contributed by atoms with Gasteiger partial charge in [0.2, 0.25) is 0 Å². The molecule has 3 heterocycles. The van der Waals surface area contributed by atoms with Gasteiger partial charge in [0.25, 0.3) is 0 Å². The van der Waals surface area contributed by atoms with Gasteiger partial charge < -0.3 is 10.2 Å². The van der Waals surface area contributed by atoms with Gasteiger partial charge in [-0.25, -0.2) is 0 Å². The van der Waals surface area contributed by atoms with Gasteiger partial charge in [0.15, 0.2) is 0 Å². The molecule has 0 bridgehead atoms. The number of nitrogens with zero attached hydrogens (tertiary/aromatic N) is 3. The molecule has 0 radical (unpaired) electrons. The number of halogens is 2. The van der Waals surface area contributed by atoms with Crippen molar-refractivity contribution >= 4 is 30.5 Å². The van der Waals surface area contributed by atoms with Crippen LogP contribution in [0.15, 0.2) is 24.5 Å². The van der Waals surface area contributed by atoms with Gasteiger partial charge in [0.1, 0.15) is 0 Å². The number of hydrogen-bond acceptors (Lipinski definition) is 4. The highest BCUT2D eigenvalue weighted by Gasteiger charge is 2.21. The third-order valence-electron chi connectivity index (χ3n) is 4.30. The van der Waals surface area contributed by atoms with Crippen molar-refractivity contribution < 1.29 is 0 Å². The predicted octanol–water partition coefficient (Wildman–Crippen LogP) is 2.05. The SMILES string of the molecule is Cl.Cl.c1cncc(N2CCN(CC3CCCNC3)CC2)c1. The summed E-state index contributed by atoms with van der Waals surface area (Å²) in [5, 5.41) is 3.51. The molecule has 2 aliphatic rings. The quantitative estimate of drug-likeness (QED) is 0.917. The molecule has 4 nitrogen and oxygen atoms in total. The molecule has 0 aliphatic carbocycles. The van der Waals surface area contributed by atoms with Gasteiger partial charge in [-0.2, -0.15) is 0 Å². The van der Waals surface area contributed by atoms with Crippen LogP contribution in [0.5, 0.6) is 0 Å². The maximum atomic E-state index is 4.21. The van der Waals surface area contributed by atoms with Crippen LogP contribution in [0.4, 0.5) is 5.69 Å². The Labute approximate surface area is 140 Å². The molecule has 2 fully saturated rings. The van der Waals surface area contributed by atoms with Crippen molar-refractivity contribution in [1.82, 2.24) is 15.2 Å². The van der Waals surface area contributed by atoms with Crippen LogP contribution < -0.4 is 10.2 Å². The van der Waals surface area contributed by atoms with Crippen LogP contribution in [-0.2, 0) is 0 Å². The number of pyridine rings is 1. The number of aromatic nitrogens is 1. The smallest absolute Gasteiger partial charge is 0.0553 e. The van der Waals surface area contributed by atoms with Gasteiger partial charge in [0, 0.05) is 38.9 Å². The third kappa shape index (κ3) is 5.29. The molecule has 21 heavy (non-hydrogen) atoms. The summed E-state index contributed by atoms with van der Waals surface area (Å²) in [6.07, 6.45) is 6.56. The molecule has 6 heteroatoms. The lowest BCUT2D eigenvalue weighted by molar-refractivity contribution is 0.199. The zero-order valence-corrected chi connectivity index (χ0v) is 14.0. The van der Waals surface area contributed by atoms with E-state index >= 15 is 0 Å². The highest BCUT2D eigenvalue weighted by molar-refractivity contribution is 5.85. The molecule has 1 aromatic rings. The van der Waals surface area contributed by atoms with E-state index < -0.39 is 0 Å². The standard InChI is InChI=1S/C15H24N4.2ClH/c1-3-14(11-16-5-1)13-18-7-9-19(10-8-18)15-4-2-6-17-12-15;;/h2,4,6,12,14,16H,1,3,5,7-11,13H2;2*1H. The van der Waals surface area contributed by atoms with E-state index in [2.05, 4.69) is 26.2 Å². The van der Waals surface area contributed by atoms with E-state index in [-0.39, 0.29) is 24.8 Å². The minimum atomic E-state index is 0. The number of hydrogen-bond donors (Lipinski definition) is 1. The number of rotatable bonds is 3. The van der Waals surface area contributed by atoms with Gasteiger partial charge in [-0.05, 0) is 44.0 Å². The molecule has 3 rings (SSSR count). The minimum absolute atomic E-state index is 0. The maximum Gasteiger partial charge on any atom is 0.0553 e. The monoisotopic (exact) mass is 332 g/mol.